The Morgan fingerprint density at radius 1 is 1.29 bits per heavy atom. The summed E-state index contributed by atoms with van der Waals surface area (Å²) in [7, 11) is -3.53. The SMILES string of the molecule is CCN(CC)CCNS(=O)(=O)c1cccc(C#CCO)c1. The molecule has 116 valence electrons. The summed E-state index contributed by atoms with van der Waals surface area (Å²) in [4.78, 5) is 2.33. The molecule has 5 nitrogen and oxygen atoms in total. The predicted molar refractivity (Wildman–Crippen MR) is 83.4 cm³/mol. The topological polar surface area (TPSA) is 69.6 Å². The van der Waals surface area contributed by atoms with Crippen molar-refractivity contribution < 1.29 is 13.5 Å². The molecule has 6 heteroatoms. The number of sulfonamides is 1. The van der Waals surface area contributed by atoms with Crippen molar-refractivity contribution in [2.24, 2.45) is 0 Å². The fourth-order valence-corrected chi connectivity index (χ4v) is 2.91. The molecule has 21 heavy (non-hydrogen) atoms. The van der Waals surface area contributed by atoms with Gasteiger partial charge in [-0.3, -0.25) is 0 Å². The zero-order valence-corrected chi connectivity index (χ0v) is 13.3. The predicted octanol–water partition coefficient (Wildman–Crippen LogP) is 0.650. The van der Waals surface area contributed by atoms with Crippen molar-refractivity contribution in [3.63, 3.8) is 0 Å². The summed E-state index contributed by atoms with van der Waals surface area (Å²) in [6.07, 6.45) is 0. The maximum Gasteiger partial charge on any atom is 0.240 e. The van der Waals surface area contributed by atoms with Gasteiger partial charge < -0.3 is 10.0 Å². The molecule has 1 aromatic carbocycles. The summed E-state index contributed by atoms with van der Waals surface area (Å²) in [5.41, 5.74) is 0.565. The van der Waals surface area contributed by atoms with Crippen molar-refractivity contribution in [3.05, 3.63) is 29.8 Å². The van der Waals surface area contributed by atoms with E-state index >= 15 is 0 Å². The van der Waals surface area contributed by atoms with Crippen LogP contribution in [0.15, 0.2) is 29.2 Å². The Hall–Kier alpha value is -1.39. The number of nitrogens with zero attached hydrogens (tertiary/aromatic N) is 1. The van der Waals surface area contributed by atoms with Gasteiger partial charge in [-0.25, -0.2) is 13.1 Å². The Morgan fingerprint density at radius 2 is 2.00 bits per heavy atom. The first-order valence-electron chi connectivity index (χ1n) is 6.95. The van der Waals surface area contributed by atoms with E-state index in [2.05, 4.69) is 21.5 Å². The highest BCUT2D eigenvalue weighted by atomic mass is 32.2. The minimum atomic E-state index is -3.53. The van der Waals surface area contributed by atoms with E-state index in [9.17, 15) is 8.42 Å². The second-order valence-corrected chi connectivity index (χ2v) is 6.18. The summed E-state index contributed by atoms with van der Waals surface area (Å²) in [6.45, 7) is 6.67. The van der Waals surface area contributed by atoms with Crippen LogP contribution in [0, 0.1) is 11.8 Å². The van der Waals surface area contributed by atoms with E-state index in [1.54, 1.807) is 12.1 Å². The third-order valence-electron chi connectivity index (χ3n) is 3.07. The first-order valence-corrected chi connectivity index (χ1v) is 8.43. The highest BCUT2D eigenvalue weighted by Crippen LogP contribution is 2.10. The lowest BCUT2D eigenvalue weighted by molar-refractivity contribution is 0.309. The number of hydrogen-bond donors (Lipinski definition) is 2. The van der Waals surface area contributed by atoms with Gasteiger partial charge in [-0.05, 0) is 31.3 Å². The van der Waals surface area contributed by atoms with E-state index in [1.165, 1.54) is 12.1 Å². The first-order chi connectivity index (χ1) is 10.0. The molecule has 0 spiro atoms. The van der Waals surface area contributed by atoms with Crippen molar-refractivity contribution in [2.45, 2.75) is 18.7 Å². The zero-order chi connectivity index (χ0) is 15.7. The van der Waals surface area contributed by atoms with Crippen LogP contribution in [0.4, 0.5) is 0 Å². The Labute approximate surface area is 127 Å². The molecule has 0 heterocycles. The molecule has 0 radical (unpaired) electrons. The highest BCUT2D eigenvalue weighted by molar-refractivity contribution is 7.89. The Kier molecular flexibility index (Phi) is 7.40. The number of hydrogen-bond acceptors (Lipinski definition) is 4. The average Bonchev–Trinajstić information content (AvgIpc) is 2.50. The normalized spacial score (nSPS) is 11.2. The third-order valence-corrected chi connectivity index (χ3v) is 4.53. The van der Waals surface area contributed by atoms with Crippen LogP contribution >= 0.6 is 0 Å². The molecule has 0 atom stereocenters. The summed E-state index contributed by atoms with van der Waals surface area (Å²) in [5.74, 6) is 5.20. The van der Waals surface area contributed by atoms with Gasteiger partial charge in [-0.1, -0.05) is 31.8 Å². The molecule has 0 bridgehead atoms. The summed E-state index contributed by atoms with van der Waals surface area (Å²) in [5, 5.41) is 8.66. The summed E-state index contributed by atoms with van der Waals surface area (Å²) in [6, 6.07) is 6.38. The fraction of sp³-hybridized carbons (Fsp3) is 0.467. The van der Waals surface area contributed by atoms with E-state index < -0.39 is 10.0 Å². The van der Waals surface area contributed by atoms with Crippen LogP contribution in [0.5, 0.6) is 0 Å². The first kappa shape index (κ1) is 17.7. The molecule has 0 aliphatic rings. The van der Waals surface area contributed by atoms with Gasteiger partial charge in [0.2, 0.25) is 10.0 Å². The van der Waals surface area contributed by atoms with Gasteiger partial charge in [0.15, 0.2) is 0 Å². The van der Waals surface area contributed by atoms with Gasteiger partial charge in [-0.15, -0.1) is 0 Å². The van der Waals surface area contributed by atoms with Gasteiger partial charge in [0.05, 0.1) is 4.90 Å². The van der Waals surface area contributed by atoms with Crippen LogP contribution in [-0.2, 0) is 10.0 Å². The Balaban J connectivity index is 2.74. The summed E-state index contributed by atoms with van der Waals surface area (Å²) < 4.78 is 27.0. The minimum Gasteiger partial charge on any atom is -0.384 e. The monoisotopic (exact) mass is 310 g/mol. The average molecular weight is 310 g/mol. The zero-order valence-electron chi connectivity index (χ0n) is 12.5. The van der Waals surface area contributed by atoms with E-state index in [4.69, 9.17) is 5.11 Å². The molecular weight excluding hydrogens is 288 g/mol. The maximum absolute atomic E-state index is 12.2. The smallest absolute Gasteiger partial charge is 0.240 e. The van der Waals surface area contributed by atoms with Crippen molar-refractivity contribution in [3.8, 4) is 11.8 Å². The molecule has 0 fully saturated rings. The molecule has 0 aliphatic carbocycles. The number of rotatable bonds is 7. The quantitative estimate of drug-likeness (QED) is 0.726. The number of aliphatic hydroxyl groups is 1. The van der Waals surface area contributed by atoms with Crippen LogP contribution in [0.1, 0.15) is 19.4 Å². The van der Waals surface area contributed by atoms with E-state index in [-0.39, 0.29) is 11.5 Å². The van der Waals surface area contributed by atoms with Crippen LogP contribution in [0.3, 0.4) is 0 Å². The molecule has 1 aromatic rings. The third kappa shape index (κ3) is 5.86. The maximum atomic E-state index is 12.2. The van der Waals surface area contributed by atoms with Crippen LogP contribution < -0.4 is 4.72 Å². The molecule has 0 amide bonds. The van der Waals surface area contributed by atoms with Crippen LogP contribution in [-0.4, -0.2) is 51.2 Å². The lowest BCUT2D eigenvalue weighted by Crippen LogP contribution is -2.34. The largest absolute Gasteiger partial charge is 0.384 e. The van der Waals surface area contributed by atoms with Gasteiger partial charge >= 0.3 is 0 Å². The molecule has 2 N–H and O–H groups in total. The molecule has 0 aromatic heterocycles. The van der Waals surface area contributed by atoms with Crippen LogP contribution in [0.2, 0.25) is 0 Å². The van der Waals surface area contributed by atoms with Crippen molar-refractivity contribution in [2.75, 3.05) is 32.8 Å². The Morgan fingerprint density at radius 3 is 2.62 bits per heavy atom. The van der Waals surface area contributed by atoms with Gasteiger partial charge in [-0.2, -0.15) is 0 Å². The fourth-order valence-electron chi connectivity index (χ4n) is 1.84. The molecule has 0 saturated carbocycles. The Bertz CT molecular complexity index is 599. The molecule has 1 rings (SSSR count). The second kappa shape index (κ2) is 8.80. The minimum absolute atomic E-state index is 0.187. The van der Waals surface area contributed by atoms with Crippen molar-refractivity contribution >= 4 is 10.0 Å². The van der Waals surface area contributed by atoms with Gasteiger partial charge in [0.25, 0.3) is 0 Å². The van der Waals surface area contributed by atoms with Gasteiger partial charge in [0.1, 0.15) is 6.61 Å². The highest BCUT2D eigenvalue weighted by Gasteiger charge is 2.13. The van der Waals surface area contributed by atoms with E-state index in [0.717, 1.165) is 13.1 Å². The second-order valence-electron chi connectivity index (χ2n) is 4.41. The lowest BCUT2D eigenvalue weighted by Gasteiger charge is -2.18. The van der Waals surface area contributed by atoms with E-state index in [1.807, 2.05) is 13.8 Å². The van der Waals surface area contributed by atoms with Crippen molar-refractivity contribution in [1.29, 1.82) is 0 Å². The molecule has 0 unspecified atom stereocenters. The van der Waals surface area contributed by atoms with Crippen LogP contribution in [0.25, 0.3) is 0 Å². The standard InChI is InChI=1S/C15H22N2O3S/c1-3-17(4-2)11-10-16-21(19,20)15-9-5-7-14(13-15)8-6-12-18/h5,7,9,13,16,18H,3-4,10-12H2,1-2H3. The van der Waals surface area contributed by atoms with Crippen molar-refractivity contribution in [1.82, 2.24) is 9.62 Å². The summed E-state index contributed by atoms with van der Waals surface area (Å²) >= 11 is 0. The van der Waals surface area contributed by atoms with Gasteiger partial charge in [0, 0.05) is 18.7 Å². The molecular formula is C15H22N2O3S. The number of aliphatic hydroxyl groups excluding tert-OH is 1. The number of nitrogens with one attached hydrogen (secondary N) is 1. The molecule has 0 aliphatic heterocycles. The molecule has 0 saturated heterocycles. The number of likely N-dealkylation sites (N-methyl/N-ethyl adjacent to an activating group) is 1. The lowest BCUT2D eigenvalue weighted by atomic mass is 10.2. The number of benzene rings is 1. The van der Waals surface area contributed by atoms with E-state index in [0.29, 0.717) is 18.7 Å².